The number of nitrogens with zero attached hydrogens (tertiary/aromatic N) is 3. The van der Waals surface area contributed by atoms with Crippen LogP contribution in [0.3, 0.4) is 0 Å². The Kier molecular flexibility index (Phi) is 7.66. The van der Waals surface area contributed by atoms with Crippen molar-refractivity contribution in [3.05, 3.63) is 30.5 Å². The molecule has 0 radical (unpaired) electrons. The van der Waals surface area contributed by atoms with Crippen molar-refractivity contribution in [2.24, 2.45) is 21.5 Å². The van der Waals surface area contributed by atoms with E-state index < -0.39 is 0 Å². The van der Waals surface area contributed by atoms with Gasteiger partial charge in [-0.3, -0.25) is 20.3 Å². The van der Waals surface area contributed by atoms with Gasteiger partial charge in [0.2, 0.25) is 0 Å². The lowest BCUT2D eigenvalue weighted by Crippen LogP contribution is -2.42. The Bertz CT molecular complexity index is 802. The maximum atomic E-state index is 5.79. The fourth-order valence-corrected chi connectivity index (χ4v) is 2.56. The maximum Gasteiger partial charge on any atom is 0.195 e. The third-order valence-corrected chi connectivity index (χ3v) is 3.75. The summed E-state index contributed by atoms with van der Waals surface area (Å²) < 4.78 is 5.36. The first-order chi connectivity index (χ1) is 13.0. The van der Waals surface area contributed by atoms with Crippen molar-refractivity contribution in [2.75, 3.05) is 25.5 Å². The number of nitrogens with two attached hydrogens (primary N) is 2. The monoisotopic (exact) mass is 371 g/mol. The molecule has 1 heterocycles. The van der Waals surface area contributed by atoms with E-state index in [4.69, 9.17) is 16.2 Å². The molecular weight excluding hydrogens is 342 g/mol. The molecule has 146 valence electrons. The molecule has 1 aromatic carbocycles. The Labute approximate surface area is 160 Å². The molecule has 0 spiro atoms. The van der Waals surface area contributed by atoms with E-state index in [0.29, 0.717) is 6.54 Å². The molecule has 0 saturated carbocycles. The van der Waals surface area contributed by atoms with Gasteiger partial charge >= 0.3 is 0 Å². The van der Waals surface area contributed by atoms with Crippen molar-refractivity contribution >= 4 is 28.5 Å². The fraction of sp³-hybridized carbons (Fsp3) is 0.421. The van der Waals surface area contributed by atoms with Crippen LogP contribution in [0.2, 0.25) is 0 Å². The lowest BCUT2D eigenvalue weighted by Gasteiger charge is -2.11. The predicted octanol–water partition coefficient (Wildman–Crippen LogP) is 2.06. The Morgan fingerprint density at radius 2 is 2.04 bits per heavy atom. The van der Waals surface area contributed by atoms with Gasteiger partial charge in [-0.05, 0) is 38.8 Å². The third kappa shape index (κ3) is 6.65. The van der Waals surface area contributed by atoms with Gasteiger partial charge in [0.25, 0.3) is 0 Å². The zero-order valence-electron chi connectivity index (χ0n) is 16.2. The number of pyridine rings is 1. The Balaban J connectivity index is 1.80. The SMILES string of the molecule is COc1cc(NCCCCN=C(N)NC(N)=NC(C)C)c2ncccc2c1. The van der Waals surface area contributed by atoms with Crippen LogP contribution >= 0.6 is 0 Å². The molecular formula is C19H29N7O. The van der Waals surface area contributed by atoms with Crippen LogP contribution in [0, 0.1) is 0 Å². The molecule has 0 unspecified atom stereocenters. The molecule has 0 aliphatic rings. The molecule has 8 heteroatoms. The summed E-state index contributed by atoms with van der Waals surface area (Å²) in [5, 5.41) is 7.25. The number of hydrogen-bond acceptors (Lipinski definition) is 5. The van der Waals surface area contributed by atoms with E-state index in [1.54, 1.807) is 13.3 Å². The molecule has 0 saturated heterocycles. The van der Waals surface area contributed by atoms with Crippen LogP contribution in [0.1, 0.15) is 26.7 Å². The van der Waals surface area contributed by atoms with Crippen LogP contribution in [0.15, 0.2) is 40.4 Å². The lowest BCUT2D eigenvalue weighted by atomic mass is 10.1. The van der Waals surface area contributed by atoms with Gasteiger partial charge < -0.3 is 21.5 Å². The first-order valence-electron chi connectivity index (χ1n) is 9.06. The third-order valence-electron chi connectivity index (χ3n) is 3.75. The first-order valence-corrected chi connectivity index (χ1v) is 9.06. The van der Waals surface area contributed by atoms with Crippen molar-refractivity contribution in [1.82, 2.24) is 10.3 Å². The quantitative estimate of drug-likeness (QED) is 0.320. The minimum Gasteiger partial charge on any atom is -0.497 e. The molecule has 2 rings (SSSR count). The average Bonchev–Trinajstić information content (AvgIpc) is 2.63. The molecule has 8 nitrogen and oxygen atoms in total. The number of benzene rings is 1. The summed E-state index contributed by atoms with van der Waals surface area (Å²) in [6, 6.07) is 7.99. The van der Waals surface area contributed by atoms with Gasteiger partial charge in [0.1, 0.15) is 5.75 Å². The number of methoxy groups -OCH3 is 1. The highest BCUT2D eigenvalue weighted by atomic mass is 16.5. The summed E-state index contributed by atoms with van der Waals surface area (Å²) in [6.07, 6.45) is 3.63. The van der Waals surface area contributed by atoms with Crippen LogP contribution in [0.4, 0.5) is 5.69 Å². The molecule has 0 bridgehead atoms. The second kappa shape index (κ2) is 10.2. The zero-order chi connectivity index (χ0) is 19.6. The summed E-state index contributed by atoms with van der Waals surface area (Å²) in [6.45, 7) is 5.30. The molecule has 6 N–H and O–H groups in total. The van der Waals surface area contributed by atoms with Crippen LogP contribution in [0.25, 0.3) is 10.9 Å². The number of hydrogen-bond donors (Lipinski definition) is 4. The highest BCUT2D eigenvalue weighted by molar-refractivity contribution is 5.97. The van der Waals surface area contributed by atoms with Crippen molar-refractivity contribution in [3.8, 4) is 5.75 Å². The van der Waals surface area contributed by atoms with Gasteiger partial charge in [0, 0.05) is 36.8 Å². The number of aliphatic imine (C=N–C) groups is 2. The van der Waals surface area contributed by atoms with E-state index in [2.05, 4.69) is 25.6 Å². The second-order valence-corrected chi connectivity index (χ2v) is 6.38. The highest BCUT2D eigenvalue weighted by Crippen LogP contribution is 2.27. The number of ether oxygens (including phenoxy) is 1. The fourth-order valence-electron chi connectivity index (χ4n) is 2.56. The lowest BCUT2D eigenvalue weighted by molar-refractivity contribution is 0.415. The zero-order valence-corrected chi connectivity index (χ0v) is 16.2. The number of anilines is 1. The normalized spacial score (nSPS) is 12.4. The smallest absolute Gasteiger partial charge is 0.195 e. The standard InChI is InChI=1S/C19H29N7O/c1-13(2)25-19(21)26-18(20)24-9-5-4-8-22-16-12-15(27-3)11-14-7-6-10-23-17(14)16/h6-7,10-13,22H,4-5,8-9H2,1-3H3,(H5,20,21,24,25,26). The highest BCUT2D eigenvalue weighted by Gasteiger charge is 2.05. The Morgan fingerprint density at radius 1 is 1.22 bits per heavy atom. The van der Waals surface area contributed by atoms with Gasteiger partial charge in [-0.15, -0.1) is 0 Å². The predicted molar refractivity (Wildman–Crippen MR) is 112 cm³/mol. The van der Waals surface area contributed by atoms with Crippen LogP contribution < -0.4 is 26.8 Å². The van der Waals surface area contributed by atoms with E-state index in [1.807, 2.05) is 38.1 Å². The topological polar surface area (TPSA) is 123 Å². The summed E-state index contributed by atoms with van der Waals surface area (Å²) in [5.74, 6) is 1.38. The maximum absolute atomic E-state index is 5.79. The second-order valence-electron chi connectivity index (χ2n) is 6.38. The van der Waals surface area contributed by atoms with E-state index >= 15 is 0 Å². The van der Waals surface area contributed by atoms with E-state index in [9.17, 15) is 0 Å². The Morgan fingerprint density at radius 3 is 2.78 bits per heavy atom. The summed E-state index contributed by atoms with van der Waals surface area (Å²) >= 11 is 0. The first kappa shape index (κ1) is 20.3. The van der Waals surface area contributed by atoms with Crippen molar-refractivity contribution in [2.45, 2.75) is 32.7 Å². The summed E-state index contributed by atoms with van der Waals surface area (Å²) in [7, 11) is 1.66. The van der Waals surface area contributed by atoms with Gasteiger partial charge in [0.05, 0.1) is 18.3 Å². The van der Waals surface area contributed by atoms with E-state index in [0.717, 1.165) is 41.7 Å². The average molecular weight is 371 g/mol. The molecule has 0 amide bonds. The number of nitrogens with one attached hydrogen (secondary N) is 2. The van der Waals surface area contributed by atoms with Gasteiger partial charge in [-0.1, -0.05) is 6.07 Å². The van der Waals surface area contributed by atoms with Crippen molar-refractivity contribution in [1.29, 1.82) is 0 Å². The molecule has 27 heavy (non-hydrogen) atoms. The minimum atomic E-state index is 0.110. The molecule has 0 aliphatic heterocycles. The minimum absolute atomic E-state index is 0.110. The molecule has 0 atom stereocenters. The van der Waals surface area contributed by atoms with Crippen LogP contribution in [-0.2, 0) is 0 Å². The van der Waals surface area contributed by atoms with Crippen molar-refractivity contribution in [3.63, 3.8) is 0 Å². The van der Waals surface area contributed by atoms with Crippen LogP contribution in [0.5, 0.6) is 5.75 Å². The number of fused-ring (bicyclic) bond motifs is 1. The van der Waals surface area contributed by atoms with Gasteiger partial charge in [-0.25, -0.2) is 0 Å². The van der Waals surface area contributed by atoms with Crippen LogP contribution in [-0.4, -0.2) is 43.1 Å². The summed E-state index contributed by atoms with van der Waals surface area (Å²) in [4.78, 5) is 12.9. The van der Waals surface area contributed by atoms with E-state index in [1.165, 1.54) is 0 Å². The van der Waals surface area contributed by atoms with Gasteiger partial charge in [-0.2, -0.15) is 0 Å². The van der Waals surface area contributed by atoms with Gasteiger partial charge in [0.15, 0.2) is 11.9 Å². The number of rotatable bonds is 8. The number of aromatic nitrogens is 1. The van der Waals surface area contributed by atoms with Crippen molar-refractivity contribution < 1.29 is 4.74 Å². The van der Waals surface area contributed by atoms with E-state index in [-0.39, 0.29) is 18.0 Å². The largest absolute Gasteiger partial charge is 0.497 e. The number of guanidine groups is 2. The molecule has 0 fully saturated rings. The molecule has 2 aromatic rings. The Hall–Kier alpha value is -3.03. The molecule has 1 aromatic heterocycles. The number of unbranched alkanes of at least 4 members (excludes halogenated alkanes) is 1. The summed E-state index contributed by atoms with van der Waals surface area (Å²) in [5.41, 5.74) is 13.4. The molecule has 0 aliphatic carbocycles.